The minimum absolute atomic E-state index is 0.185. The van der Waals surface area contributed by atoms with Gasteiger partial charge in [0.1, 0.15) is 0 Å². The van der Waals surface area contributed by atoms with E-state index in [1.54, 1.807) is 6.20 Å². The van der Waals surface area contributed by atoms with E-state index >= 15 is 0 Å². The van der Waals surface area contributed by atoms with Crippen LogP contribution in [-0.2, 0) is 5.88 Å². The highest BCUT2D eigenvalue weighted by atomic mass is 35.5. The van der Waals surface area contributed by atoms with E-state index in [4.69, 9.17) is 16.3 Å². The van der Waals surface area contributed by atoms with Crippen molar-refractivity contribution in [2.24, 2.45) is 5.92 Å². The summed E-state index contributed by atoms with van der Waals surface area (Å²) in [6.07, 6.45) is 1.93. The van der Waals surface area contributed by atoms with Gasteiger partial charge in [-0.15, -0.1) is 11.6 Å². The first-order chi connectivity index (χ1) is 6.63. The zero-order valence-electron chi connectivity index (χ0n) is 8.83. The van der Waals surface area contributed by atoms with Crippen molar-refractivity contribution in [3.05, 3.63) is 23.9 Å². The molecule has 0 spiro atoms. The third kappa shape index (κ3) is 3.18. The van der Waals surface area contributed by atoms with E-state index in [0.717, 1.165) is 5.56 Å². The molecule has 0 fully saturated rings. The molecule has 0 N–H and O–H groups in total. The normalized spacial score (nSPS) is 12.9. The van der Waals surface area contributed by atoms with E-state index in [0.29, 0.717) is 17.7 Å². The number of halogens is 1. The Labute approximate surface area is 90.3 Å². The lowest BCUT2D eigenvalue weighted by Gasteiger charge is -2.16. The summed E-state index contributed by atoms with van der Waals surface area (Å²) >= 11 is 5.65. The van der Waals surface area contributed by atoms with Crippen LogP contribution in [0.2, 0.25) is 0 Å². The maximum atomic E-state index is 5.65. The zero-order valence-corrected chi connectivity index (χ0v) is 9.58. The average molecular weight is 214 g/mol. The molecule has 0 amide bonds. The summed E-state index contributed by atoms with van der Waals surface area (Å²) in [5.41, 5.74) is 1.01. The van der Waals surface area contributed by atoms with Crippen molar-refractivity contribution in [2.45, 2.75) is 32.8 Å². The summed E-state index contributed by atoms with van der Waals surface area (Å²) in [5, 5.41) is 0. The van der Waals surface area contributed by atoms with Crippen LogP contribution in [0.5, 0.6) is 5.88 Å². The van der Waals surface area contributed by atoms with Crippen LogP contribution in [0.1, 0.15) is 26.3 Å². The molecule has 14 heavy (non-hydrogen) atoms. The van der Waals surface area contributed by atoms with E-state index in [1.807, 2.05) is 19.1 Å². The molecule has 1 rings (SSSR count). The molecule has 1 unspecified atom stereocenters. The molecule has 0 aliphatic carbocycles. The van der Waals surface area contributed by atoms with Gasteiger partial charge in [-0.05, 0) is 18.4 Å². The van der Waals surface area contributed by atoms with Crippen LogP contribution in [0.4, 0.5) is 0 Å². The van der Waals surface area contributed by atoms with E-state index in [2.05, 4.69) is 18.8 Å². The van der Waals surface area contributed by atoms with Crippen molar-refractivity contribution in [3.8, 4) is 5.88 Å². The van der Waals surface area contributed by atoms with Gasteiger partial charge in [-0.3, -0.25) is 0 Å². The van der Waals surface area contributed by atoms with Crippen LogP contribution in [-0.4, -0.2) is 11.1 Å². The smallest absolute Gasteiger partial charge is 0.213 e. The predicted octanol–water partition coefficient (Wildman–Crippen LogP) is 3.24. The van der Waals surface area contributed by atoms with Crippen LogP contribution < -0.4 is 4.74 Å². The topological polar surface area (TPSA) is 22.1 Å². The quantitative estimate of drug-likeness (QED) is 0.717. The molecule has 78 valence electrons. The molecule has 3 heteroatoms. The Balaban J connectivity index is 2.59. The number of rotatable bonds is 4. The van der Waals surface area contributed by atoms with Gasteiger partial charge in [-0.25, -0.2) is 4.98 Å². The van der Waals surface area contributed by atoms with Gasteiger partial charge >= 0.3 is 0 Å². The first-order valence-electron chi connectivity index (χ1n) is 4.81. The molecule has 1 aromatic rings. The van der Waals surface area contributed by atoms with Gasteiger partial charge in [-0.1, -0.05) is 19.9 Å². The molecule has 0 aliphatic heterocycles. The number of hydrogen-bond donors (Lipinski definition) is 0. The molecule has 1 aromatic heterocycles. The zero-order chi connectivity index (χ0) is 10.6. The highest BCUT2D eigenvalue weighted by molar-refractivity contribution is 6.17. The second-order valence-electron chi connectivity index (χ2n) is 3.71. The molecule has 1 heterocycles. The van der Waals surface area contributed by atoms with Crippen LogP contribution in [0.15, 0.2) is 18.3 Å². The standard InChI is InChI=1S/C11H16ClNO/c1-8(2)9(3)14-11-5-4-10(6-12)7-13-11/h4-5,7-9H,6H2,1-3H3. The Bertz CT molecular complexity index is 271. The van der Waals surface area contributed by atoms with Gasteiger partial charge < -0.3 is 4.74 Å². The van der Waals surface area contributed by atoms with E-state index in [1.165, 1.54) is 0 Å². The first-order valence-corrected chi connectivity index (χ1v) is 5.34. The second kappa shape index (κ2) is 5.20. The molecule has 0 saturated heterocycles. The summed E-state index contributed by atoms with van der Waals surface area (Å²) in [6.45, 7) is 6.29. The minimum atomic E-state index is 0.185. The van der Waals surface area contributed by atoms with E-state index in [-0.39, 0.29) is 6.10 Å². The lowest BCUT2D eigenvalue weighted by atomic mass is 10.1. The third-order valence-corrected chi connectivity index (χ3v) is 2.51. The summed E-state index contributed by atoms with van der Waals surface area (Å²) < 4.78 is 5.62. The number of hydrogen-bond acceptors (Lipinski definition) is 2. The highest BCUT2D eigenvalue weighted by Gasteiger charge is 2.08. The van der Waals surface area contributed by atoms with Crippen LogP contribution in [0.3, 0.4) is 0 Å². The Hall–Kier alpha value is -0.760. The number of pyridine rings is 1. The number of nitrogens with zero attached hydrogens (tertiary/aromatic N) is 1. The third-order valence-electron chi connectivity index (χ3n) is 2.20. The van der Waals surface area contributed by atoms with E-state index in [9.17, 15) is 0 Å². The highest BCUT2D eigenvalue weighted by Crippen LogP contribution is 2.13. The fourth-order valence-electron chi connectivity index (χ4n) is 0.886. The summed E-state index contributed by atoms with van der Waals surface area (Å²) in [4.78, 5) is 4.17. The predicted molar refractivity (Wildman–Crippen MR) is 58.7 cm³/mol. The molecule has 1 atom stereocenters. The van der Waals surface area contributed by atoms with Gasteiger partial charge in [0.15, 0.2) is 0 Å². The fourth-order valence-corrected chi connectivity index (χ4v) is 1.04. The molecule has 0 saturated carbocycles. The lowest BCUT2D eigenvalue weighted by Crippen LogP contribution is -2.19. The van der Waals surface area contributed by atoms with Crippen molar-refractivity contribution in [3.63, 3.8) is 0 Å². The van der Waals surface area contributed by atoms with Gasteiger partial charge in [0.2, 0.25) is 5.88 Å². The molecule has 0 aromatic carbocycles. The van der Waals surface area contributed by atoms with Crippen LogP contribution in [0, 0.1) is 5.92 Å². The largest absolute Gasteiger partial charge is 0.474 e. The van der Waals surface area contributed by atoms with Gasteiger partial charge in [-0.2, -0.15) is 0 Å². The van der Waals surface area contributed by atoms with Crippen molar-refractivity contribution in [2.75, 3.05) is 0 Å². The number of alkyl halides is 1. The monoisotopic (exact) mass is 213 g/mol. The SMILES string of the molecule is CC(C)C(C)Oc1ccc(CCl)cn1. The van der Waals surface area contributed by atoms with Crippen LogP contribution >= 0.6 is 11.6 Å². The molecular formula is C11H16ClNO. The maximum absolute atomic E-state index is 5.65. The van der Waals surface area contributed by atoms with E-state index < -0.39 is 0 Å². The first kappa shape index (κ1) is 11.3. The van der Waals surface area contributed by atoms with Crippen LogP contribution in [0.25, 0.3) is 0 Å². The Morgan fingerprint density at radius 3 is 2.50 bits per heavy atom. The Morgan fingerprint density at radius 2 is 2.07 bits per heavy atom. The van der Waals surface area contributed by atoms with Crippen molar-refractivity contribution >= 4 is 11.6 Å². The van der Waals surface area contributed by atoms with Crippen molar-refractivity contribution < 1.29 is 4.74 Å². The van der Waals surface area contributed by atoms with Crippen molar-refractivity contribution in [1.82, 2.24) is 4.98 Å². The van der Waals surface area contributed by atoms with Gasteiger partial charge in [0.05, 0.1) is 6.10 Å². The molecule has 0 bridgehead atoms. The Kier molecular flexibility index (Phi) is 4.21. The molecule has 0 radical (unpaired) electrons. The van der Waals surface area contributed by atoms with Crippen molar-refractivity contribution in [1.29, 1.82) is 0 Å². The van der Waals surface area contributed by atoms with Gasteiger partial charge in [0, 0.05) is 18.1 Å². The summed E-state index contributed by atoms with van der Waals surface area (Å²) in [6, 6.07) is 3.79. The fraction of sp³-hybridized carbons (Fsp3) is 0.545. The molecule has 0 aliphatic rings. The Morgan fingerprint density at radius 1 is 1.36 bits per heavy atom. The molecular weight excluding hydrogens is 198 g/mol. The summed E-state index contributed by atoms with van der Waals surface area (Å²) in [5.74, 6) is 1.65. The average Bonchev–Trinajstić information content (AvgIpc) is 2.19. The number of ether oxygens (including phenoxy) is 1. The molecule has 2 nitrogen and oxygen atoms in total. The number of aromatic nitrogens is 1. The maximum Gasteiger partial charge on any atom is 0.213 e. The van der Waals surface area contributed by atoms with Gasteiger partial charge in [0.25, 0.3) is 0 Å². The summed E-state index contributed by atoms with van der Waals surface area (Å²) in [7, 11) is 0. The second-order valence-corrected chi connectivity index (χ2v) is 3.97. The lowest BCUT2D eigenvalue weighted by molar-refractivity contribution is 0.163. The minimum Gasteiger partial charge on any atom is -0.474 e.